The Bertz CT molecular complexity index is 718. The molecule has 0 aromatic heterocycles. The van der Waals surface area contributed by atoms with Gasteiger partial charge in [-0.05, 0) is 48.5 Å². The third-order valence-corrected chi connectivity index (χ3v) is 10.4. The number of hydrogen-bond acceptors (Lipinski definition) is 2. The molecule has 0 fully saturated rings. The molecule has 0 bridgehead atoms. The third-order valence-electron chi connectivity index (χ3n) is 5.71. The molecule has 2 aromatic rings. The Hall–Kier alpha value is -1.94. The molecule has 1 heterocycles. The van der Waals surface area contributed by atoms with Crippen LogP contribution in [0.5, 0.6) is 0 Å². The zero-order valence-electron chi connectivity index (χ0n) is 17.2. The van der Waals surface area contributed by atoms with Crippen LogP contribution >= 0.6 is 0 Å². The van der Waals surface area contributed by atoms with E-state index in [1.807, 2.05) is 0 Å². The summed E-state index contributed by atoms with van der Waals surface area (Å²) in [7, 11) is -2.04. The predicted octanol–water partition coefficient (Wildman–Crippen LogP) is 5.37. The van der Waals surface area contributed by atoms with Crippen molar-refractivity contribution in [2.45, 2.75) is 27.7 Å². The summed E-state index contributed by atoms with van der Waals surface area (Å²) in [5.41, 5.74) is 10.7. The number of benzene rings is 2. The molecule has 2 nitrogen and oxygen atoms in total. The maximum Gasteiger partial charge on any atom is 0.259 e. The van der Waals surface area contributed by atoms with Gasteiger partial charge in [0.25, 0.3) is 8.40 Å². The van der Waals surface area contributed by atoms with Crippen LogP contribution in [0, 0.1) is 0 Å². The summed E-state index contributed by atoms with van der Waals surface area (Å²) >= 11 is 0. The van der Waals surface area contributed by atoms with Gasteiger partial charge in [-0.15, -0.1) is 0 Å². The van der Waals surface area contributed by atoms with Crippen molar-refractivity contribution < 1.29 is 0 Å². The number of allylic oxidation sites excluding steroid dienone is 2. The Morgan fingerprint density at radius 3 is 1.19 bits per heavy atom. The van der Waals surface area contributed by atoms with Gasteiger partial charge in [0, 0.05) is 0 Å². The fraction of sp³-hybridized carbons (Fsp3) is 0.333. The zero-order valence-corrected chi connectivity index (χ0v) is 18.2. The van der Waals surface area contributed by atoms with E-state index in [0.717, 1.165) is 26.2 Å². The van der Waals surface area contributed by atoms with Crippen LogP contribution in [0.1, 0.15) is 38.8 Å². The number of hydrogen-bond donors (Lipinski definition) is 0. The lowest BCUT2D eigenvalue weighted by Gasteiger charge is -2.43. The quantitative estimate of drug-likeness (QED) is 0.571. The van der Waals surface area contributed by atoms with E-state index in [-0.39, 0.29) is 0 Å². The largest absolute Gasteiger partial charge is 0.306 e. The van der Waals surface area contributed by atoms with Gasteiger partial charge in [0.2, 0.25) is 0 Å². The highest BCUT2D eigenvalue weighted by Gasteiger charge is 2.44. The second-order valence-corrected chi connectivity index (χ2v) is 10.4. The van der Waals surface area contributed by atoms with E-state index < -0.39 is 8.40 Å². The van der Waals surface area contributed by atoms with E-state index >= 15 is 0 Å². The van der Waals surface area contributed by atoms with Crippen molar-refractivity contribution in [3.63, 3.8) is 0 Å². The van der Waals surface area contributed by atoms with Gasteiger partial charge in [0.1, 0.15) is 0 Å². The van der Waals surface area contributed by atoms with Crippen LogP contribution in [0.4, 0.5) is 0 Å². The van der Waals surface area contributed by atoms with Crippen molar-refractivity contribution >= 4 is 19.5 Å². The van der Waals surface area contributed by atoms with Crippen LogP contribution in [0.2, 0.25) is 0 Å². The molecule has 2 aromatic carbocycles. The molecule has 3 heteroatoms. The SMILES string of the molecule is CCN(CC)[Si]1(N(CC)CC)C=C(c2ccccc2)C(c2ccccc2)=C1. The normalized spacial score (nSPS) is 15.9. The molecule has 0 saturated heterocycles. The summed E-state index contributed by atoms with van der Waals surface area (Å²) in [5.74, 6) is 0. The fourth-order valence-corrected chi connectivity index (χ4v) is 9.09. The minimum atomic E-state index is -2.04. The minimum absolute atomic E-state index is 1.08. The van der Waals surface area contributed by atoms with Crippen LogP contribution in [0.3, 0.4) is 0 Å². The first-order valence-electron chi connectivity index (χ1n) is 10.3. The topological polar surface area (TPSA) is 6.48 Å². The monoisotopic (exact) mass is 376 g/mol. The third kappa shape index (κ3) is 3.72. The molecule has 3 rings (SSSR count). The lowest BCUT2D eigenvalue weighted by Crippen LogP contribution is -2.63. The fourth-order valence-electron chi connectivity index (χ4n) is 4.36. The summed E-state index contributed by atoms with van der Waals surface area (Å²) in [6.07, 6.45) is 0. The molecule has 0 spiro atoms. The molecule has 1 aliphatic rings. The van der Waals surface area contributed by atoms with Gasteiger partial charge in [0.15, 0.2) is 0 Å². The highest BCUT2D eigenvalue weighted by molar-refractivity contribution is 6.88. The highest BCUT2D eigenvalue weighted by atomic mass is 28.3. The summed E-state index contributed by atoms with van der Waals surface area (Å²) in [5, 5.41) is 0. The van der Waals surface area contributed by atoms with Crippen molar-refractivity contribution in [1.82, 2.24) is 9.13 Å². The van der Waals surface area contributed by atoms with Gasteiger partial charge in [-0.3, -0.25) is 0 Å². The molecule has 0 saturated carbocycles. The first kappa shape index (κ1) is 19.8. The molecule has 0 amide bonds. The van der Waals surface area contributed by atoms with E-state index in [2.05, 4.69) is 109 Å². The molecular weight excluding hydrogens is 344 g/mol. The van der Waals surface area contributed by atoms with Crippen molar-refractivity contribution in [2.24, 2.45) is 0 Å². The van der Waals surface area contributed by atoms with E-state index in [9.17, 15) is 0 Å². The Morgan fingerprint density at radius 2 is 0.889 bits per heavy atom. The molecular formula is C24H32N2Si. The smallest absolute Gasteiger partial charge is 0.259 e. The second kappa shape index (κ2) is 8.83. The highest BCUT2D eigenvalue weighted by Crippen LogP contribution is 2.41. The first-order chi connectivity index (χ1) is 13.2. The van der Waals surface area contributed by atoms with Gasteiger partial charge in [-0.25, -0.2) is 0 Å². The maximum absolute atomic E-state index is 2.71. The molecule has 0 atom stereocenters. The lowest BCUT2D eigenvalue weighted by atomic mass is 9.95. The van der Waals surface area contributed by atoms with Crippen molar-refractivity contribution in [3.05, 3.63) is 83.2 Å². The van der Waals surface area contributed by atoms with Crippen LogP contribution in [0.25, 0.3) is 11.1 Å². The van der Waals surface area contributed by atoms with Crippen molar-refractivity contribution in [1.29, 1.82) is 0 Å². The molecule has 142 valence electrons. The number of rotatable bonds is 8. The van der Waals surface area contributed by atoms with E-state index in [4.69, 9.17) is 0 Å². The van der Waals surface area contributed by atoms with Gasteiger partial charge in [-0.1, -0.05) is 99.8 Å². The molecule has 0 N–H and O–H groups in total. The van der Waals surface area contributed by atoms with Crippen LogP contribution in [-0.2, 0) is 0 Å². The predicted molar refractivity (Wildman–Crippen MR) is 120 cm³/mol. The molecule has 27 heavy (non-hydrogen) atoms. The summed E-state index contributed by atoms with van der Waals surface area (Å²) < 4.78 is 5.41. The minimum Gasteiger partial charge on any atom is -0.306 e. The van der Waals surface area contributed by atoms with Crippen molar-refractivity contribution in [3.8, 4) is 0 Å². The second-order valence-electron chi connectivity index (χ2n) is 6.98. The summed E-state index contributed by atoms with van der Waals surface area (Å²) in [4.78, 5) is 0. The van der Waals surface area contributed by atoms with Crippen LogP contribution in [-0.4, -0.2) is 43.7 Å². The molecule has 0 aliphatic carbocycles. The Kier molecular flexibility index (Phi) is 6.48. The van der Waals surface area contributed by atoms with Gasteiger partial charge >= 0.3 is 0 Å². The Morgan fingerprint density at radius 1 is 0.556 bits per heavy atom. The molecule has 0 unspecified atom stereocenters. The van der Waals surface area contributed by atoms with Crippen LogP contribution in [0.15, 0.2) is 72.1 Å². The number of nitrogens with zero attached hydrogens (tertiary/aromatic N) is 2. The average molecular weight is 377 g/mol. The molecule has 1 aliphatic heterocycles. The van der Waals surface area contributed by atoms with Crippen molar-refractivity contribution in [2.75, 3.05) is 26.2 Å². The average Bonchev–Trinajstić information content (AvgIpc) is 3.13. The standard InChI is InChI=1S/C24H32N2Si/c1-5-25(6-2)27(26(7-3)8-4)19-23(21-15-11-9-12-16-21)24(20-27)22-17-13-10-14-18-22/h9-20H,5-8H2,1-4H3. The summed E-state index contributed by atoms with van der Waals surface area (Å²) in [6.45, 7) is 13.5. The lowest BCUT2D eigenvalue weighted by molar-refractivity contribution is 0.372. The molecule has 0 radical (unpaired) electrons. The Labute approximate surface area is 166 Å². The zero-order chi connectivity index (χ0) is 19.3. The van der Waals surface area contributed by atoms with Gasteiger partial charge < -0.3 is 9.13 Å². The van der Waals surface area contributed by atoms with E-state index in [1.165, 1.54) is 22.3 Å². The van der Waals surface area contributed by atoms with Crippen LogP contribution < -0.4 is 0 Å². The van der Waals surface area contributed by atoms with Gasteiger partial charge in [0.05, 0.1) is 0 Å². The van der Waals surface area contributed by atoms with E-state index in [1.54, 1.807) is 0 Å². The van der Waals surface area contributed by atoms with Gasteiger partial charge in [-0.2, -0.15) is 0 Å². The summed E-state index contributed by atoms with van der Waals surface area (Å²) in [6, 6.07) is 21.8. The maximum atomic E-state index is 2.71. The van der Waals surface area contributed by atoms with E-state index in [0.29, 0.717) is 0 Å². The first-order valence-corrected chi connectivity index (χ1v) is 12.3. The Balaban J connectivity index is 2.24.